The summed E-state index contributed by atoms with van der Waals surface area (Å²) >= 11 is 0. The van der Waals surface area contributed by atoms with Crippen LogP contribution < -0.4 is 16.9 Å². The molecule has 108 valence electrons. The third-order valence-electron chi connectivity index (χ3n) is 2.91. The normalized spacial score (nSPS) is 11.4. The molecule has 8 heteroatoms. The van der Waals surface area contributed by atoms with Crippen molar-refractivity contribution in [3.63, 3.8) is 0 Å². The molecule has 0 amide bonds. The van der Waals surface area contributed by atoms with Crippen LogP contribution in [0, 0.1) is 0 Å². The first-order valence-electron chi connectivity index (χ1n) is 6.05. The summed E-state index contributed by atoms with van der Waals surface area (Å²) in [6.45, 7) is -1.35. The molecule has 0 bridgehead atoms. The van der Waals surface area contributed by atoms with Gasteiger partial charge in [0.05, 0.1) is 0 Å². The molecular weight excluding hydrogens is 274 g/mol. The lowest BCUT2D eigenvalue weighted by molar-refractivity contribution is 0.0619. The first-order chi connectivity index (χ1) is 9.45. The number of hydrogen-bond acceptors (Lipinski definition) is 4. The van der Waals surface area contributed by atoms with Crippen LogP contribution in [0.5, 0.6) is 0 Å². The highest BCUT2D eigenvalue weighted by Gasteiger charge is 2.19. The zero-order chi connectivity index (χ0) is 14.9. The molecule has 0 aliphatic carbocycles. The van der Waals surface area contributed by atoms with E-state index in [4.69, 9.17) is 4.42 Å². The van der Waals surface area contributed by atoms with Crippen LogP contribution >= 0.6 is 0 Å². The van der Waals surface area contributed by atoms with Crippen LogP contribution in [0.3, 0.4) is 0 Å². The van der Waals surface area contributed by atoms with Gasteiger partial charge >= 0.3 is 17.9 Å². The van der Waals surface area contributed by atoms with E-state index in [1.807, 2.05) is 11.9 Å². The quantitative estimate of drug-likeness (QED) is 0.920. The zero-order valence-corrected chi connectivity index (χ0v) is 10.6. The average Bonchev–Trinajstić information content (AvgIpc) is 2.34. The van der Waals surface area contributed by atoms with Crippen LogP contribution in [0.4, 0.5) is 8.78 Å². The number of aryl methyl sites for hydroxylation is 1. The van der Waals surface area contributed by atoms with E-state index in [2.05, 4.69) is 0 Å². The number of H-pyrrole nitrogens is 1. The molecular formula is C12H12F2N2O4. The van der Waals surface area contributed by atoms with Gasteiger partial charge in [-0.05, 0) is 18.4 Å². The molecule has 0 atom stereocenters. The Morgan fingerprint density at radius 2 is 2.05 bits per heavy atom. The Balaban J connectivity index is 2.86. The minimum absolute atomic E-state index is 0.182. The minimum Gasteiger partial charge on any atom is -0.405 e. The first kappa shape index (κ1) is 14.2. The van der Waals surface area contributed by atoms with Crippen molar-refractivity contribution in [3.05, 3.63) is 42.9 Å². The number of rotatable bonds is 4. The van der Waals surface area contributed by atoms with E-state index in [1.54, 1.807) is 0 Å². The standard InChI is InChI=1S/C12H12F2N2O4/c1-2-3-4-6-5-7(17)20-9-8(6)10(18)16(11(13)14)12(19)15-9/h5,11H,2-4H2,1H3,(H,15,19). The molecule has 2 aromatic rings. The van der Waals surface area contributed by atoms with E-state index in [0.29, 0.717) is 18.4 Å². The SMILES string of the molecule is CCCCc1cc(=O)oc2[nH]c(=O)n(C(F)F)c(=O)c12. The summed E-state index contributed by atoms with van der Waals surface area (Å²) in [6, 6.07) is 1.09. The van der Waals surface area contributed by atoms with Gasteiger partial charge in [0.25, 0.3) is 5.56 Å². The van der Waals surface area contributed by atoms with Gasteiger partial charge in [0.1, 0.15) is 5.39 Å². The van der Waals surface area contributed by atoms with Gasteiger partial charge < -0.3 is 4.42 Å². The second kappa shape index (κ2) is 5.40. The zero-order valence-electron chi connectivity index (χ0n) is 10.6. The molecule has 2 heterocycles. The van der Waals surface area contributed by atoms with Crippen LogP contribution in [0.2, 0.25) is 0 Å². The maximum atomic E-state index is 12.7. The molecule has 2 aromatic heterocycles. The number of nitrogens with zero attached hydrogens (tertiary/aromatic N) is 1. The number of aromatic nitrogens is 2. The van der Waals surface area contributed by atoms with Crippen molar-refractivity contribution in [3.8, 4) is 0 Å². The molecule has 0 aliphatic rings. The summed E-state index contributed by atoms with van der Waals surface area (Å²) in [5, 5.41) is -0.182. The Morgan fingerprint density at radius 1 is 1.35 bits per heavy atom. The molecule has 20 heavy (non-hydrogen) atoms. The van der Waals surface area contributed by atoms with E-state index in [-0.39, 0.29) is 15.7 Å². The van der Waals surface area contributed by atoms with Crippen LogP contribution in [0.1, 0.15) is 31.9 Å². The van der Waals surface area contributed by atoms with Crippen molar-refractivity contribution >= 4 is 11.1 Å². The number of fused-ring (bicyclic) bond motifs is 1. The van der Waals surface area contributed by atoms with Gasteiger partial charge in [0.2, 0.25) is 5.71 Å². The lowest BCUT2D eigenvalue weighted by Crippen LogP contribution is -2.36. The van der Waals surface area contributed by atoms with E-state index >= 15 is 0 Å². The number of halogens is 2. The summed E-state index contributed by atoms with van der Waals surface area (Å²) < 4.78 is 30.0. The molecule has 0 unspecified atom stereocenters. The first-order valence-corrected chi connectivity index (χ1v) is 6.05. The van der Waals surface area contributed by atoms with Crippen molar-refractivity contribution in [1.29, 1.82) is 0 Å². The Bertz CT molecular complexity index is 804. The van der Waals surface area contributed by atoms with E-state index < -0.39 is 23.4 Å². The highest BCUT2D eigenvalue weighted by atomic mass is 19.3. The summed E-state index contributed by atoms with van der Waals surface area (Å²) in [4.78, 5) is 36.7. The highest BCUT2D eigenvalue weighted by Crippen LogP contribution is 2.13. The maximum Gasteiger partial charge on any atom is 0.337 e. The predicted octanol–water partition coefficient (Wildman–Crippen LogP) is 1.38. The summed E-state index contributed by atoms with van der Waals surface area (Å²) in [5.41, 5.74) is -3.28. The van der Waals surface area contributed by atoms with Crippen molar-refractivity contribution in [2.45, 2.75) is 32.7 Å². The molecule has 2 rings (SSSR count). The molecule has 0 aliphatic heterocycles. The fraction of sp³-hybridized carbons (Fsp3) is 0.417. The third kappa shape index (κ3) is 2.40. The van der Waals surface area contributed by atoms with Crippen molar-refractivity contribution < 1.29 is 13.2 Å². The van der Waals surface area contributed by atoms with Gasteiger partial charge in [0, 0.05) is 6.07 Å². The van der Waals surface area contributed by atoms with Gasteiger partial charge in [-0.2, -0.15) is 13.3 Å². The van der Waals surface area contributed by atoms with Crippen molar-refractivity contribution in [2.24, 2.45) is 0 Å². The Labute approximate surface area is 110 Å². The number of alkyl halides is 2. The molecule has 0 saturated heterocycles. The van der Waals surface area contributed by atoms with Crippen molar-refractivity contribution in [2.75, 3.05) is 0 Å². The second-order valence-corrected chi connectivity index (χ2v) is 4.28. The molecule has 0 fully saturated rings. The monoisotopic (exact) mass is 286 g/mol. The maximum absolute atomic E-state index is 12.7. The fourth-order valence-electron chi connectivity index (χ4n) is 1.98. The van der Waals surface area contributed by atoms with Gasteiger partial charge in [0.15, 0.2) is 0 Å². The molecule has 6 nitrogen and oxygen atoms in total. The van der Waals surface area contributed by atoms with Crippen LogP contribution in [0.15, 0.2) is 24.9 Å². The van der Waals surface area contributed by atoms with Gasteiger partial charge in [-0.1, -0.05) is 13.3 Å². The molecule has 1 N–H and O–H groups in total. The number of unbranched alkanes of at least 4 members (excludes halogenated alkanes) is 1. The van der Waals surface area contributed by atoms with Gasteiger partial charge in [-0.25, -0.2) is 9.59 Å². The van der Waals surface area contributed by atoms with Crippen LogP contribution in [0.25, 0.3) is 11.1 Å². The third-order valence-corrected chi connectivity index (χ3v) is 2.91. The number of nitrogens with one attached hydrogen (secondary N) is 1. The highest BCUT2D eigenvalue weighted by molar-refractivity contribution is 5.75. The van der Waals surface area contributed by atoms with E-state index in [0.717, 1.165) is 12.5 Å². The van der Waals surface area contributed by atoms with E-state index in [9.17, 15) is 23.2 Å². The molecule has 0 aromatic carbocycles. The largest absolute Gasteiger partial charge is 0.405 e. The Morgan fingerprint density at radius 3 is 2.65 bits per heavy atom. The van der Waals surface area contributed by atoms with Crippen LogP contribution in [-0.4, -0.2) is 9.55 Å². The van der Waals surface area contributed by atoms with Gasteiger partial charge in [-0.15, -0.1) is 0 Å². The Hall–Kier alpha value is -2.25. The van der Waals surface area contributed by atoms with Crippen molar-refractivity contribution in [1.82, 2.24) is 9.55 Å². The molecule has 0 saturated carbocycles. The fourth-order valence-corrected chi connectivity index (χ4v) is 1.98. The second-order valence-electron chi connectivity index (χ2n) is 4.28. The summed E-state index contributed by atoms with van der Waals surface area (Å²) in [5.74, 6) is 0. The van der Waals surface area contributed by atoms with E-state index in [1.165, 1.54) is 0 Å². The molecule has 0 radical (unpaired) electrons. The topological polar surface area (TPSA) is 85.1 Å². The average molecular weight is 286 g/mol. The number of hydrogen-bond donors (Lipinski definition) is 1. The molecule has 0 spiro atoms. The van der Waals surface area contributed by atoms with Crippen LogP contribution in [-0.2, 0) is 6.42 Å². The summed E-state index contributed by atoms with van der Waals surface area (Å²) in [6.07, 6.45) is 1.84. The Kier molecular flexibility index (Phi) is 3.82. The lowest BCUT2D eigenvalue weighted by atomic mass is 10.1. The predicted molar refractivity (Wildman–Crippen MR) is 67.2 cm³/mol. The number of aromatic amines is 1. The minimum atomic E-state index is -3.26. The van der Waals surface area contributed by atoms with Gasteiger partial charge in [-0.3, -0.25) is 9.78 Å². The smallest absolute Gasteiger partial charge is 0.337 e. The summed E-state index contributed by atoms with van der Waals surface area (Å²) in [7, 11) is 0. The lowest BCUT2D eigenvalue weighted by Gasteiger charge is -2.07.